The van der Waals surface area contributed by atoms with E-state index in [9.17, 15) is 9.90 Å². The molecule has 136 valence electrons. The van der Waals surface area contributed by atoms with Crippen molar-refractivity contribution in [1.82, 2.24) is 0 Å². The molecule has 1 N–H and O–H groups in total. The number of hydrogen-bond donors (Lipinski definition) is 1. The largest absolute Gasteiger partial charge is 0.507 e. The van der Waals surface area contributed by atoms with Gasteiger partial charge in [-0.05, 0) is 47.3 Å². The molecule has 0 fully saturated rings. The Morgan fingerprint density at radius 3 is 1.92 bits per heavy atom. The summed E-state index contributed by atoms with van der Waals surface area (Å²) in [4.78, 5) is 17.0. The summed E-state index contributed by atoms with van der Waals surface area (Å²) in [6.07, 6.45) is 1.92. The van der Waals surface area contributed by atoms with Crippen molar-refractivity contribution in [3.8, 4) is 5.75 Å². The van der Waals surface area contributed by atoms with Crippen LogP contribution in [0.2, 0.25) is 0 Å². The number of phenolic OH excluding ortho intramolecular Hbond substituents is 1. The number of aromatic hydroxyl groups is 1. The maximum absolute atomic E-state index is 12.3. The zero-order valence-electron chi connectivity index (χ0n) is 16.3. The van der Waals surface area contributed by atoms with Crippen molar-refractivity contribution in [1.29, 1.82) is 0 Å². The first-order chi connectivity index (χ1) is 11.4. The lowest BCUT2D eigenvalue weighted by molar-refractivity contribution is -0.113. The van der Waals surface area contributed by atoms with Gasteiger partial charge in [0.1, 0.15) is 10.1 Å². The molecule has 1 aromatic carbocycles. The molecule has 0 bridgehead atoms. The van der Waals surface area contributed by atoms with Crippen LogP contribution in [0.4, 0.5) is 0 Å². The summed E-state index contributed by atoms with van der Waals surface area (Å²) in [6.45, 7) is 14.5. The van der Waals surface area contributed by atoms with Gasteiger partial charge in [-0.1, -0.05) is 53.3 Å². The van der Waals surface area contributed by atoms with Gasteiger partial charge in [0.2, 0.25) is 0 Å². The number of phenols is 1. The number of carbonyl (C=O) groups excluding carboxylic acids is 1. The predicted octanol–water partition coefficient (Wildman–Crippen LogP) is 5.71. The molecule has 3 nitrogen and oxygen atoms in total. The minimum absolute atomic E-state index is 0.172. The molecule has 0 atom stereocenters. The zero-order chi connectivity index (χ0) is 19.2. The average Bonchev–Trinajstić information content (AvgIpc) is 2.85. The Morgan fingerprint density at radius 1 is 1.08 bits per heavy atom. The highest BCUT2D eigenvalue weighted by Crippen LogP contribution is 2.43. The van der Waals surface area contributed by atoms with Crippen molar-refractivity contribution in [3.05, 3.63) is 33.7 Å². The van der Waals surface area contributed by atoms with E-state index in [1.165, 1.54) is 23.5 Å². The third kappa shape index (κ3) is 4.14. The summed E-state index contributed by atoms with van der Waals surface area (Å²) >= 11 is 2.92. The molecule has 0 aromatic heterocycles. The molecule has 1 aromatic rings. The number of allylic oxidation sites excluding steroid dienone is 1. The quantitative estimate of drug-likeness (QED) is 0.637. The van der Waals surface area contributed by atoms with Gasteiger partial charge in [0.05, 0.1) is 4.91 Å². The van der Waals surface area contributed by atoms with Gasteiger partial charge in [-0.15, -0.1) is 11.8 Å². The van der Waals surface area contributed by atoms with Crippen LogP contribution in [-0.2, 0) is 15.6 Å². The number of hydrogen-bond acceptors (Lipinski definition) is 4. The number of aliphatic imine (C=N–C) groups is 1. The average molecular weight is 378 g/mol. The second kappa shape index (κ2) is 6.84. The molecule has 0 saturated heterocycles. The van der Waals surface area contributed by atoms with Crippen LogP contribution in [-0.4, -0.2) is 21.6 Å². The van der Waals surface area contributed by atoms with Crippen molar-refractivity contribution in [2.24, 2.45) is 4.99 Å². The maximum Gasteiger partial charge on any atom is 0.285 e. The second-order valence-electron chi connectivity index (χ2n) is 8.36. The van der Waals surface area contributed by atoms with Gasteiger partial charge in [-0.25, -0.2) is 0 Å². The maximum atomic E-state index is 12.3. The molecule has 5 heteroatoms. The zero-order valence-corrected chi connectivity index (χ0v) is 17.9. The number of nitrogens with zero attached hydrogens (tertiary/aromatic N) is 1. The van der Waals surface area contributed by atoms with Crippen LogP contribution >= 0.6 is 23.5 Å². The van der Waals surface area contributed by atoms with E-state index in [4.69, 9.17) is 0 Å². The molecule has 2 rings (SSSR count). The summed E-state index contributed by atoms with van der Waals surface area (Å²) < 4.78 is 0.783. The van der Waals surface area contributed by atoms with Gasteiger partial charge in [-0.3, -0.25) is 4.79 Å². The third-order valence-corrected chi connectivity index (χ3v) is 6.39. The molecule has 0 saturated carbocycles. The van der Waals surface area contributed by atoms with Crippen molar-refractivity contribution in [3.63, 3.8) is 0 Å². The summed E-state index contributed by atoms with van der Waals surface area (Å²) in [6, 6.07) is 4.02. The Kier molecular flexibility index (Phi) is 5.50. The summed E-state index contributed by atoms with van der Waals surface area (Å²) in [5.41, 5.74) is 3.30. The van der Waals surface area contributed by atoms with Gasteiger partial charge >= 0.3 is 0 Å². The predicted molar refractivity (Wildman–Crippen MR) is 112 cm³/mol. The number of benzene rings is 1. The highest BCUT2D eigenvalue weighted by molar-refractivity contribution is 8.41. The highest BCUT2D eigenvalue weighted by atomic mass is 32.2. The lowest BCUT2D eigenvalue weighted by Gasteiger charge is -2.28. The van der Waals surface area contributed by atoms with Crippen LogP contribution in [0, 0.1) is 0 Å². The summed E-state index contributed by atoms with van der Waals surface area (Å²) in [5.74, 6) is 0.183. The summed E-state index contributed by atoms with van der Waals surface area (Å²) in [7, 11) is 0. The van der Waals surface area contributed by atoms with E-state index in [-0.39, 0.29) is 16.7 Å². The van der Waals surface area contributed by atoms with E-state index in [1.807, 2.05) is 25.3 Å². The number of amides is 1. The molecule has 0 spiro atoms. The minimum Gasteiger partial charge on any atom is -0.507 e. The highest BCUT2D eigenvalue weighted by Gasteiger charge is 2.29. The molecule has 1 amide bonds. The fraction of sp³-hybridized carbons (Fsp3) is 0.500. The first-order valence-corrected chi connectivity index (χ1v) is 10.3. The number of rotatable bonds is 1. The fourth-order valence-corrected chi connectivity index (χ4v) is 4.20. The first-order valence-electron chi connectivity index (χ1n) is 8.30. The SMILES string of the molecule is CSC1=NC(=O)C(=C(C)c2cc(C(C)(C)C)c(O)c(C(C)(C)C)c2)S1. The Morgan fingerprint density at radius 2 is 1.56 bits per heavy atom. The van der Waals surface area contributed by atoms with Crippen LogP contribution in [0.15, 0.2) is 22.0 Å². The Labute approximate surface area is 159 Å². The number of carbonyl (C=O) groups is 1. The molecule has 25 heavy (non-hydrogen) atoms. The molecular formula is C20H27NO2S2. The van der Waals surface area contributed by atoms with Gasteiger partial charge in [-0.2, -0.15) is 4.99 Å². The van der Waals surface area contributed by atoms with Crippen molar-refractivity contribution >= 4 is 39.4 Å². The Hall–Kier alpha value is -1.20. The monoisotopic (exact) mass is 377 g/mol. The van der Waals surface area contributed by atoms with E-state index in [2.05, 4.69) is 46.5 Å². The summed E-state index contributed by atoms with van der Waals surface area (Å²) in [5, 5.41) is 10.8. The van der Waals surface area contributed by atoms with Gasteiger partial charge in [0.15, 0.2) is 0 Å². The first kappa shape index (κ1) is 20.1. The molecule has 1 aliphatic heterocycles. The van der Waals surface area contributed by atoms with Crippen LogP contribution in [0.3, 0.4) is 0 Å². The molecular weight excluding hydrogens is 350 g/mol. The lowest BCUT2D eigenvalue weighted by Crippen LogP contribution is -2.17. The standard InChI is InChI=1S/C20H27NO2S2/c1-11(16-17(23)21-18(24-8)25-16)12-9-13(19(2,3)4)15(22)14(10-12)20(5,6)7/h9-10,22H,1-8H3. The molecule has 0 aliphatic carbocycles. The Balaban J connectivity index is 2.69. The van der Waals surface area contributed by atoms with Crippen LogP contribution in [0.25, 0.3) is 5.57 Å². The van der Waals surface area contributed by atoms with Crippen LogP contribution in [0.5, 0.6) is 5.75 Å². The topological polar surface area (TPSA) is 49.7 Å². The minimum atomic E-state index is -0.196. The van der Waals surface area contributed by atoms with E-state index >= 15 is 0 Å². The molecule has 0 radical (unpaired) electrons. The van der Waals surface area contributed by atoms with E-state index in [0.29, 0.717) is 10.7 Å². The van der Waals surface area contributed by atoms with Crippen molar-refractivity contribution in [2.45, 2.75) is 59.3 Å². The van der Waals surface area contributed by atoms with Gasteiger partial charge in [0.25, 0.3) is 5.91 Å². The third-order valence-electron chi connectivity index (χ3n) is 4.25. The van der Waals surface area contributed by atoms with Crippen molar-refractivity contribution in [2.75, 3.05) is 6.26 Å². The van der Waals surface area contributed by atoms with E-state index in [1.54, 1.807) is 0 Å². The normalized spacial score (nSPS) is 17.8. The van der Waals surface area contributed by atoms with Crippen molar-refractivity contribution < 1.29 is 9.90 Å². The van der Waals surface area contributed by atoms with E-state index in [0.717, 1.165) is 26.6 Å². The molecule has 0 unspecified atom stereocenters. The molecule has 1 heterocycles. The van der Waals surface area contributed by atoms with Gasteiger partial charge in [0, 0.05) is 11.1 Å². The van der Waals surface area contributed by atoms with Gasteiger partial charge < -0.3 is 5.11 Å². The number of thioether (sulfide) groups is 2. The van der Waals surface area contributed by atoms with Crippen LogP contribution < -0.4 is 0 Å². The smallest absolute Gasteiger partial charge is 0.285 e. The lowest BCUT2D eigenvalue weighted by atomic mass is 9.78. The Bertz CT molecular complexity index is 743. The molecule has 1 aliphatic rings. The fourth-order valence-electron chi connectivity index (χ4n) is 2.74. The van der Waals surface area contributed by atoms with E-state index < -0.39 is 0 Å². The van der Waals surface area contributed by atoms with Crippen LogP contribution in [0.1, 0.15) is 65.2 Å². The second-order valence-corrected chi connectivity index (χ2v) is 10.4.